The average Bonchev–Trinajstić information content (AvgIpc) is 2.62. The number of hydrogen-bond donors (Lipinski definition) is 0. The van der Waals surface area contributed by atoms with E-state index >= 15 is 0 Å². The molecule has 0 radical (unpaired) electrons. The maximum absolute atomic E-state index is 11.4. The predicted octanol–water partition coefficient (Wildman–Crippen LogP) is 3.10. The van der Waals surface area contributed by atoms with Crippen LogP contribution in [0.25, 0.3) is 0 Å². The first kappa shape index (κ1) is 11.4. The van der Waals surface area contributed by atoms with Crippen LogP contribution in [0.2, 0.25) is 0 Å². The van der Waals surface area contributed by atoms with E-state index in [-0.39, 0.29) is 11.6 Å². The summed E-state index contributed by atoms with van der Waals surface area (Å²) in [5.41, 5.74) is 1.05. The van der Waals surface area contributed by atoms with E-state index in [9.17, 15) is 4.79 Å². The quantitative estimate of drug-likeness (QED) is 0.346. The summed E-state index contributed by atoms with van der Waals surface area (Å²) in [6, 6.07) is 0. The summed E-state index contributed by atoms with van der Waals surface area (Å²) in [4.78, 5) is 11.4. The van der Waals surface area contributed by atoms with Crippen molar-refractivity contribution in [2.24, 2.45) is 11.8 Å². The number of ether oxygens (including phenoxy) is 1. The lowest BCUT2D eigenvalue weighted by Crippen LogP contribution is -2.40. The van der Waals surface area contributed by atoms with E-state index < -0.39 is 0 Å². The molecule has 2 rings (SSSR count). The van der Waals surface area contributed by atoms with Gasteiger partial charge in [0.05, 0.1) is 6.42 Å². The number of carbonyl (C=O) groups is 1. The van der Waals surface area contributed by atoms with Gasteiger partial charge >= 0.3 is 5.97 Å². The first-order chi connectivity index (χ1) is 7.08. The number of hydrogen-bond acceptors (Lipinski definition) is 2. The Hall–Kier alpha value is -0.0600. The largest absolute Gasteiger partial charge is 0.458 e. The van der Waals surface area contributed by atoms with E-state index in [2.05, 4.69) is 36.1 Å². The Morgan fingerprint density at radius 2 is 2.40 bits per heavy atom. The molecule has 1 aliphatic heterocycles. The highest BCUT2D eigenvalue weighted by Crippen LogP contribution is 2.52. The normalized spacial score (nSPS) is 38.9. The van der Waals surface area contributed by atoms with Crippen LogP contribution in [0.5, 0.6) is 0 Å². The zero-order chi connectivity index (χ0) is 11.1. The molecule has 1 unspecified atom stereocenters. The van der Waals surface area contributed by atoms with Crippen molar-refractivity contribution in [1.82, 2.24) is 0 Å². The van der Waals surface area contributed by atoms with E-state index in [0.29, 0.717) is 18.3 Å². The van der Waals surface area contributed by atoms with Gasteiger partial charge in [-0.2, -0.15) is 0 Å². The minimum Gasteiger partial charge on any atom is -0.458 e. The molecular formula is C12H17IO2. The van der Waals surface area contributed by atoms with Crippen LogP contribution in [-0.2, 0) is 9.53 Å². The van der Waals surface area contributed by atoms with Gasteiger partial charge in [0.1, 0.15) is 5.60 Å². The van der Waals surface area contributed by atoms with Crippen LogP contribution < -0.4 is 0 Å². The number of halogens is 1. The summed E-state index contributed by atoms with van der Waals surface area (Å²) < 4.78 is 6.58. The molecule has 2 nitrogen and oxygen atoms in total. The molecule has 84 valence electrons. The average molecular weight is 320 g/mol. The molecule has 0 spiro atoms. The van der Waals surface area contributed by atoms with Gasteiger partial charge in [0, 0.05) is 16.3 Å². The lowest BCUT2D eigenvalue weighted by molar-refractivity contribution is -0.150. The van der Waals surface area contributed by atoms with Crippen molar-refractivity contribution < 1.29 is 9.53 Å². The minimum absolute atomic E-state index is 0.00285. The van der Waals surface area contributed by atoms with Crippen molar-refractivity contribution in [3.8, 4) is 0 Å². The summed E-state index contributed by atoms with van der Waals surface area (Å²) in [6.45, 7) is 6.03. The fraction of sp³-hybridized carbons (Fsp3) is 0.750. The third-order valence-corrected chi connectivity index (χ3v) is 4.96. The zero-order valence-electron chi connectivity index (χ0n) is 9.09. The van der Waals surface area contributed by atoms with Crippen molar-refractivity contribution >= 4 is 28.6 Å². The number of esters is 1. The Balaban J connectivity index is 2.20. The molecular weight excluding hydrogens is 303 g/mol. The van der Waals surface area contributed by atoms with E-state index in [1.165, 1.54) is 12.0 Å². The van der Waals surface area contributed by atoms with Crippen LogP contribution in [0.1, 0.15) is 32.6 Å². The van der Waals surface area contributed by atoms with Crippen LogP contribution in [0.4, 0.5) is 0 Å². The van der Waals surface area contributed by atoms with Crippen molar-refractivity contribution in [3.05, 3.63) is 12.2 Å². The molecule has 1 heterocycles. The van der Waals surface area contributed by atoms with Crippen molar-refractivity contribution in [2.75, 3.05) is 4.43 Å². The molecule has 0 amide bonds. The predicted molar refractivity (Wildman–Crippen MR) is 68.0 cm³/mol. The number of rotatable bonds is 3. The van der Waals surface area contributed by atoms with Crippen LogP contribution in [-0.4, -0.2) is 16.0 Å². The van der Waals surface area contributed by atoms with Gasteiger partial charge in [-0.05, 0) is 26.2 Å². The second-order valence-electron chi connectivity index (χ2n) is 4.90. The lowest BCUT2D eigenvalue weighted by Gasteiger charge is -2.32. The Kier molecular flexibility index (Phi) is 3.10. The number of carbonyl (C=O) groups excluding carboxylic acids is 1. The fourth-order valence-electron chi connectivity index (χ4n) is 3.06. The van der Waals surface area contributed by atoms with Crippen LogP contribution >= 0.6 is 22.6 Å². The summed E-state index contributed by atoms with van der Waals surface area (Å²) >= 11 is 2.36. The molecule has 0 N–H and O–H groups in total. The highest BCUT2D eigenvalue weighted by Gasteiger charge is 2.56. The topological polar surface area (TPSA) is 26.3 Å². The van der Waals surface area contributed by atoms with E-state index in [1.54, 1.807) is 0 Å². The molecule has 1 saturated heterocycles. The molecule has 3 heteroatoms. The Labute approximate surface area is 105 Å². The van der Waals surface area contributed by atoms with E-state index in [1.807, 2.05) is 0 Å². The lowest BCUT2D eigenvalue weighted by atomic mass is 9.83. The highest BCUT2D eigenvalue weighted by atomic mass is 127. The van der Waals surface area contributed by atoms with Gasteiger partial charge in [-0.3, -0.25) is 4.79 Å². The third kappa shape index (κ3) is 1.83. The fourth-order valence-corrected chi connectivity index (χ4v) is 4.46. The molecule has 3 atom stereocenters. The molecule has 2 fully saturated rings. The monoisotopic (exact) mass is 320 g/mol. The maximum atomic E-state index is 11.4. The maximum Gasteiger partial charge on any atom is 0.306 e. The second kappa shape index (κ2) is 4.07. The minimum atomic E-state index is -0.156. The molecule has 1 saturated carbocycles. The molecule has 0 aromatic carbocycles. The van der Waals surface area contributed by atoms with Crippen molar-refractivity contribution in [3.63, 3.8) is 0 Å². The first-order valence-electron chi connectivity index (χ1n) is 5.50. The molecule has 0 aromatic heterocycles. The van der Waals surface area contributed by atoms with Gasteiger partial charge < -0.3 is 4.74 Å². The Morgan fingerprint density at radius 1 is 1.67 bits per heavy atom. The summed E-state index contributed by atoms with van der Waals surface area (Å²) in [5.74, 6) is 0.970. The van der Waals surface area contributed by atoms with Crippen molar-refractivity contribution in [1.29, 1.82) is 0 Å². The summed E-state index contributed by atoms with van der Waals surface area (Å²) in [5, 5.41) is 0. The number of allylic oxidation sites excluding steroid dienone is 1. The molecule has 0 bridgehead atoms. The van der Waals surface area contributed by atoms with Crippen molar-refractivity contribution in [2.45, 2.75) is 38.2 Å². The smallest absolute Gasteiger partial charge is 0.306 e. The Morgan fingerprint density at radius 3 is 3.00 bits per heavy atom. The summed E-state index contributed by atoms with van der Waals surface area (Å²) in [6.07, 6.45) is 3.98. The molecule has 2 aliphatic rings. The van der Waals surface area contributed by atoms with Gasteiger partial charge in [0.2, 0.25) is 0 Å². The van der Waals surface area contributed by atoms with Crippen LogP contribution in [0.15, 0.2) is 12.2 Å². The molecule has 15 heavy (non-hydrogen) atoms. The van der Waals surface area contributed by atoms with E-state index in [4.69, 9.17) is 4.74 Å². The summed E-state index contributed by atoms with van der Waals surface area (Å²) in [7, 11) is 0. The van der Waals surface area contributed by atoms with Gasteiger partial charge in [-0.25, -0.2) is 0 Å². The molecule has 0 aromatic rings. The van der Waals surface area contributed by atoms with Crippen LogP contribution in [0, 0.1) is 11.8 Å². The standard InChI is InChI=1S/C12H17IO2/c1-8(2)5-9-3-4-10-6-11(14)15-12(9,10)7-13/h9-10H,1,3-7H2,2H3/t9?,10-,12-/m0/s1. The first-order valence-corrected chi connectivity index (χ1v) is 7.03. The SMILES string of the molecule is C=C(C)CC1CC[C@H]2CC(=O)O[C@@]12CI. The van der Waals surface area contributed by atoms with Crippen LogP contribution in [0.3, 0.4) is 0 Å². The van der Waals surface area contributed by atoms with Gasteiger partial charge in [0.15, 0.2) is 0 Å². The molecule has 1 aliphatic carbocycles. The zero-order valence-corrected chi connectivity index (χ0v) is 11.2. The highest BCUT2D eigenvalue weighted by molar-refractivity contribution is 14.1. The third-order valence-electron chi connectivity index (χ3n) is 3.77. The van der Waals surface area contributed by atoms with Gasteiger partial charge in [0.25, 0.3) is 0 Å². The second-order valence-corrected chi connectivity index (χ2v) is 5.66. The number of fused-ring (bicyclic) bond motifs is 1. The van der Waals surface area contributed by atoms with Gasteiger partial charge in [-0.1, -0.05) is 28.2 Å². The number of alkyl halides is 1. The van der Waals surface area contributed by atoms with E-state index in [0.717, 1.165) is 17.3 Å². The Bertz CT molecular complexity index is 300. The van der Waals surface area contributed by atoms with Gasteiger partial charge in [-0.15, -0.1) is 6.58 Å².